The van der Waals surface area contributed by atoms with Gasteiger partial charge >= 0.3 is 0 Å². The van der Waals surface area contributed by atoms with Crippen LogP contribution in [0.3, 0.4) is 0 Å². The SMILES string of the molecule is CCNc1cc(C(=O)N(C)C2CCSC2)ccn1. The molecule has 4 nitrogen and oxygen atoms in total. The van der Waals surface area contributed by atoms with E-state index < -0.39 is 0 Å². The quantitative estimate of drug-likeness (QED) is 0.905. The first-order chi connectivity index (χ1) is 8.72. The Hall–Kier alpha value is -1.23. The Kier molecular flexibility index (Phi) is 4.47. The number of nitrogens with one attached hydrogen (secondary N) is 1. The van der Waals surface area contributed by atoms with Crippen molar-refractivity contribution in [1.29, 1.82) is 0 Å². The maximum Gasteiger partial charge on any atom is 0.254 e. The lowest BCUT2D eigenvalue weighted by Crippen LogP contribution is -2.37. The van der Waals surface area contributed by atoms with Gasteiger partial charge in [0.15, 0.2) is 0 Å². The highest BCUT2D eigenvalue weighted by atomic mass is 32.2. The maximum atomic E-state index is 12.3. The topological polar surface area (TPSA) is 45.2 Å². The van der Waals surface area contributed by atoms with E-state index in [1.54, 1.807) is 12.3 Å². The lowest BCUT2D eigenvalue weighted by Gasteiger charge is -2.23. The number of hydrogen-bond acceptors (Lipinski definition) is 4. The van der Waals surface area contributed by atoms with Crippen molar-refractivity contribution in [3.8, 4) is 0 Å². The number of nitrogens with zero attached hydrogens (tertiary/aromatic N) is 2. The first kappa shape index (κ1) is 13.2. The van der Waals surface area contributed by atoms with Gasteiger partial charge in [-0.2, -0.15) is 11.8 Å². The lowest BCUT2D eigenvalue weighted by atomic mass is 10.2. The van der Waals surface area contributed by atoms with Crippen LogP contribution in [0.15, 0.2) is 18.3 Å². The summed E-state index contributed by atoms with van der Waals surface area (Å²) < 4.78 is 0. The van der Waals surface area contributed by atoms with Gasteiger partial charge < -0.3 is 10.2 Å². The Labute approximate surface area is 112 Å². The van der Waals surface area contributed by atoms with Crippen LogP contribution in [0.4, 0.5) is 5.82 Å². The zero-order valence-corrected chi connectivity index (χ0v) is 11.7. The predicted molar refractivity (Wildman–Crippen MR) is 76.2 cm³/mol. The third kappa shape index (κ3) is 2.96. The lowest BCUT2D eigenvalue weighted by molar-refractivity contribution is 0.0748. The maximum absolute atomic E-state index is 12.3. The van der Waals surface area contributed by atoms with Gasteiger partial charge in [0.2, 0.25) is 0 Å². The summed E-state index contributed by atoms with van der Waals surface area (Å²) in [4.78, 5) is 18.4. The molecular weight excluding hydrogens is 246 g/mol. The Morgan fingerprint density at radius 1 is 1.67 bits per heavy atom. The van der Waals surface area contributed by atoms with Crippen molar-refractivity contribution < 1.29 is 4.79 Å². The van der Waals surface area contributed by atoms with Crippen LogP contribution in [0.1, 0.15) is 23.7 Å². The largest absolute Gasteiger partial charge is 0.370 e. The van der Waals surface area contributed by atoms with Crippen LogP contribution in [0, 0.1) is 0 Å². The molecule has 1 unspecified atom stereocenters. The van der Waals surface area contributed by atoms with Crippen molar-refractivity contribution in [3.63, 3.8) is 0 Å². The van der Waals surface area contributed by atoms with Gasteiger partial charge in [-0.25, -0.2) is 4.98 Å². The second kappa shape index (κ2) is 6.09. The van der Waals surface area contributed by atoms with Gasteiger partial charge in [0.25, 0.3) is 5.91 Å². The summed E-state index contributed by atoms with van der Waals surface area (Å²) in [7, 11) is 1.90. The van der Waals surface area contributed by atoms with E-state index in [0.717, 1.165) is 30.3 Å². The molecule has 1 amide bonds. The Morgan fingerprint density at radius 2 is 2.50 bits per heavy atom. The van der Waals surface area contributed by atoms with E-state index in [2.05, 4.69) is 10.3 Å². The highest BCUT2D eigenvalue weighted by molar-refractivity contribution is 7.99. The molecule has 5 heteroatoms. The summed E-state index contributed by atoms with van der Waals surface area (Å²) >= 11 is 1.92. The van der Waals surface area contributed by atoms with Gasteiger partial charge in [-0.05, 0) is 31.2 Å². The van der Waals surface area contributed by atoms with E-state index in [1.165, 1.54) is 0 Å². The standard InChI is InChI=1S/C13H19N3OS/c1-3-14-12-8-10(4-6-15-12)13(17)16(2)11-5-7-18-9-11/h4,6,8,11H,3,5,7,9H2,1-2H3,(H,14,15). The highest BCUT2D eigenvalue weighted by Crippen LogP contribution is 2.22. The van der Waals surface area contributed by atoms with Crippen LogP contribution in [0.2, 0.25) is 0 Å². The van der Waals surface area contributed by atoms with Gasteiger partial charge in [0.05, 0.1) is 0 Å². The molecule has 0 spiro atoms. The van der Waals surface area contributed by atoms with Gasteiger partial charge in [-0.1, -0.05) is 0 Å². The van der Waals surface area contributed by atoms with Crippen molar-refractivity contribution in [1.82, 2.24) is 9.88 Å². The zero-order valence-electron chi connectivity index (χ0n) is 10.8. The fourth-order valence-electron chi connectivity index (χ4n) is 2.04. The molecule has 98 valence electrons. The number of pyridine rings is 1. The molecule has 1 N–H and O–H groups in total. The molecule has 0 radical (unpaired) electrons. The average molecular weight is 265 g/mol. The molecule has 1 aromatic rings. The smallest absolute Gasteiger partial charge is 0.254 e. The summed E-state index contributed by atoms with van der Waals surface area (Å²) in [5, 5.41) is 3.13. The van der Waals surface area contributed by atoms with Crippen LogP contribution < -0.4 is 5.32 Å². The number of aromatic nitrogens is 1. The number of rotatable bonds is 4. The summed E-state index contributed by atoms with van der Waals surface area (Å²) in [6, 6.07) is 3.98. The van der Waals surface area contributed by atoms with Crippen LogP contribution in [0.25, 0.3) is 0 Å². The van der Waals surface area contributed by atoms with Crippen molar-refractivity contribution in [2.45, 2.75) is 19.4 Å². The highest BCUT2D eigenvalue weighted by Gasteiger charge is 2.24. The summed E-state index contributed by atoms with van der Waals surface area (Å²) in [5.41, 5.74) is 0.709. The van der Waals surface area contributed by atoms with Crippen molar-refractivity contribution >= 4 is 23.5 Å². The predicted octanol–water partition coefficient (Wildman–Crippen LogP) is 2.09. The van der Waals surface area contributed by atoms with Gasteiger partial charge in [0, 0.05) is 37.1 Å². The first-order valence-corrected chi connectivity index (χ1v) is 7.42. The molecule has 1 saturated heterocycles. The molecule has 0 saturated carbocycles. The molecule has 1 aromatic heterocycles. The number of amides is 1. The second-order valence-electron chi connectivity index (χ2n) is 4.39. The minimum Gasteiger partial charge on any atom is -0.370 e. The van der Waals surface area contributed by atoms with Crippen LogP contribution >= 0.6 is 11.8 Å². The van der Waals surface area contributed by atoms with Gasteiger partial charge in [-0.15, -0.1) is 0 Å². The monoisotopic (exact) mass is 265 g/mol. The summed E-state index contributed by atoms with van der Waals surface area (Å²) in [6.45, 7) is 2.82. The molecule has 2 heterocycles. The number of anilines is 1. The molecule has 0 aliphatic carbocycles. The number of carbonyl (C=O) groups excluding carboxylic acids is 1. The average Bonchev–Trinajstić information content (AvgIpc) is 2.91. The summed E-state index contributed by atoms with van der Waals surface area (Å²) in [6.07, 6.45) is 2.78. The third-order valence-electron chi connectivity index (χ3n) is 3.14. The molecule has 1 atom stereocenters. The van der Waals surface area contributed by atoms with Crippen LogP contribution in [-0.4, -0.2) is 46.9 Å². The first-order valence-electron chi connectivity index (χ1n) is 6.27. The normalized spacial score (nSPS) is 18.7. The van der Waals surface area contributed by atoms with Crippen LogP contribution in [-0.2, 0) is 0 Å². The Morgan fingerprint density at radius 3 is 3.17 bits per heavy atom. The molecule has 1 fully saturated rings. The van der Waals surface area contributed by atoms with E-state index >= 15 is 0 Å². The minimum absolute atomic E-state index is 0.0871. The fourth-order valence-corrected chi connectivity index (χ4v) is 3.31. The Balaban J connectivity index is 2.09. The number of thioether (sulfide) groups is 1. The fraction of sp³-hybridized carbons (Fsp3) is 0.538. The number of carbonyl (C=O) groups is 1. The van der Waals surface area contributed by atoms with E-state index in [-0.39, 0.29) is 5.91 Å². The molecule has 1 aliphatic rings. The van der Waals surface area contributed by atoms with Crippen molar-refractivity contribution in [2.75, 3.05) is 30.4 Å². The summed E-state index contributed by atoms with van der Waals surface area (Å²) in [5.74, 6) is 3.05. The van der Waals surface area contributed by atoms with Crippen LogP contribution in [0.5, 0.6) is 0 Å². The van der Waals surface area contributed by atoms with E-state index in [9.17, 15) is 4.79 Å². The minimum atomic E-state index is 0.0871. The van der Waals surface area contributed by atoms with Gasteiger partial charge in [-0.3, -0.25) is 4.79 Å². The number of hydrogen-bond donors (Lipinski definition) is 1. The van der Waals surface area contributed by atoms with Crippen molar-refractivity contribution in [3.05, 3.63) is 23.9 Å². The van der Waals surface area contributed by atoms with E-state index in [4.69, 9.17) is 0 Å². The Bertz CT molecular complexity index is 418. The third-order valence-corrected chi connectivity index (χ3v) is 4.28. The molecule has 1 aliphatic heterocycles. The molecule has 0 aromatic carbocycles. The van der Waals surface area contributed by atoms with E-state index in [0.29, 0.717) is 11.6 Å². The second-order valence-corrected chi connectivity index (χ2v) is 5.54. The molecule has 0 bridgehead atoms. The van der Waals surface area contributed by atoms with Gasteiger partial charge in [0.1, 0.15) is 5.82 Å². The zero-order chi connectivity index (χ0) is 13.0. The molecular formula is C13H19N3OS. The van der Waals surface area contributed by atoms with Crippen molar-refractivity contribution in [2.24, 2.45) is 0 Å². The van der Waals surface area contributed by atoms with E-state index in [1.807, 2.05) is 36.7 Å². The molecule has 18 heavy (non-hydrogen) atoms. The molecule has 2 rings (SSSR count).